The van der Waals surface area contributed by atoms with Gasteiger partial charge < -0.3 is 10.5 Å². The zero-order valence-electron chi connectivity index (χ0n) is 11.4. The van der Waals surface area contributed by atoms with E-state index in [0.717, 1.165) is 27.3 Å². The molecule has 0 fully saturated rings. The van der Waals surface area contributed by atoms with Gasteiger partial charge in [0.2, 0.25) is 11.8 Å². The van der Waals surface area contributed by atoms with E-state index in [1.807, 2.05) is 25.1 Å². The Balaban J connectivity index is 2.00. The summed E-state index contributed by atoms with van der Waals surface area (Å²) in [6, 6.07) is 10.0. The molecular formula is C15H15N3OS. The number of nitrogens with zero attached hydrogens (tertiary/aromatic N) is 2. The lowest BCUT2D eigenvalue weighted by Gasteiger charge is -2.07. The summed E-state index contributed by atoms with van der Waals surface area (Å²) < 4.78 is 5.86. The van der Waals surface area contributed by atoms with Crippen molar-refractivity contribution in [3.8, 4) is 11.6 Å². The van der Waals surface area contributed by atoms with E-state index < -0.39 is 0 Å². The fourth-order valence-electron chi connectivity index (χ4n) is 2.01. The molecule has 0 bridgehead atoms. The molecule has 2 aromatic heterocycles. The average Bonchev–Trinajstić information content (AvgIpc) is 2.80. The quantitative estimate of drug-likeness (QED) is 0.792. The highest BCUT2D eigenvalue weighted by atomic mass is 32.1. The normalized spacial score (nSPS) is 10.9. The Labute approximate surface area is 121 Å². The van der Waals surface area contributed by atoms with Crippen molar-refractivity contribution in [2.75, 3.05) is 5.73 Å². The van der Waals surface area contributed by atoms with E-state index in [4.69, 9.17) is 10.5 Å². The van der Waals surface area contributed by atoms with E-state index in [1.165, 1.54) is 5.56 Å². The van der Waals surface area contributed by atoms with Crippen LogP contribution < -0.4 is 10.5 Å². The van der Waals surface area contributed by atoms with Crippen LogP contribution in [0.2, 0.25) is 0 Å². The van der Waals surface area contributed by atoms with E-state index in [9.17, 15) is 0 Å². The zero-order chi connectivity index (χ0) is 14.1. The molecule has 0 unspecified atom stereocenters. The van der Waals surface area contributed by atoms with Gasteiger partial charge in [-0.25, -0.2) is 4.98 Å². The van der Waals surface area contributed by atoms with Crippen LogP contribution in [-0.4, -0.2) is 9.97 Å². The van der Waals surface area contributed by atoms with Crippen LogP contribution in [-0.2, 0) is 6.42 Å². The summed E-state index contributed by atoms with van der Waals surface area (Å²) in [6.45, 7) is 4.15. The molecule has 0 saturated carbocycles. The van der Waals surface area contributed by atoms with Crippen LogP contribution in [0.1, 0.15) is 17.4 Å². The number of rotatable bonds is 3. The predicted molar refractivity (Wildman–Crippen MR) is 82.5 cm³/mol. The molecule has 0 radical (unpaired) electrons. The summed E-state index contributed by atoms with van der Waals surface area (Å²) >= 11 is 1.59. The molecule has 0 atom stereocenters. The number of fused-ring (bicyclic) bond motifs is 1. The smallest absolute Gasteiger partial charge is 0.232 e. The molecule has 20 heavy (non-hydrogen) atoms. The molecule has 102 valence electrons. The minimum Gasteiger partial charge on any atom is -0.438 e. The molecule has 0 aliphatic rings. The maximum atomic E-state index is 5.86. The number of thiophene rings is 1. The lowest BCUT2D eigenvalue weighted by Crippen LogP contribution is -1.97. The van der Waals surface area contributed by atoms with Crippen LogP contribution in [0.15, 0.2) is 30.3 Å². The van der Waals surface area contributed by atoms with Gasteiger partial charge in [0, 0.05) is 4.88 Å². The number of aryl methyl sites for hydroxylation is 2. The summed E-state index contributed by atoms with van der Waals surface area (Å²) in [5.41, 5.74) is 7.01. The molecule has 4 nitrogen and oxygen atoms in total. The Morgan fingerprint density at radius 3 is 2.65 bits per heavy atom. The van der Waals surface area contributed by atoms with Crippen LogP contribution in [0, 0.1) is 6.92 Å². The maximum Gasteiger partial charge on any atom is 0.232 e. The van der Waals surface area contributed by atoms with Gasteiger partial charge in [0.1, 0.15) is 10.6 Å². The van der Waals surface area contributed by atoms with Gasteiger partial charge in [-0.15, -0.1) is 11.3 Å². The second-order valence-corrected chi connectivity index (χ2v) is 5.80. The molecule has 0 amide bonds. The first-order valence-electron chi connectivity index (χ1n) is 6.46. The molecule has 3 rings (SSSR count). The fraction of sp³-hybridized carbons (Fsp3) is 0.200. The highest BCUT2D eigenvalue weighted by Gasteiger charge is 2.11. The standard InChI is InChI=1S/C15H15N3OS/c1-3-10-4-6-11(7-5-10)19-13-12-8-9(2)20-14(12)18-15(16)17-13/h4-8H,3H2,1-2H3,(H2,16,17,18). The monoisotopic (exact) mass is 285 g/mol. The van der Waals surface area contributed by atoms with Gasteiger partial charge in [-0.2, -0.15) is 4.98 Å². The summed E-state index contributed by atoms with van der Waals surface area (Å²) in [6.07, 6.45) is 1.01. The van der Waals surface area contributed by atoms with E-state index in [2.05, 4.69) is 29.0 Å². The van der Waals surface area contributed by atoms with Gasteiger partial charge in [0.25, 0.3) is 0 Å². The highest BCUT2D eigenvalue weighted by Crippen LogP contribution is 2.33. The van der Waals surface area contributed by atoms with Gasteiger partial charge in [0.15, 0.2) is 0 Å². The summed E-state index contributed by atoms with van der Waals surface area (Å²) in [4.78, 5) is 10.5. The second-order valence-electron chi connectivity index (χ2n) is 4.56. The van der Waals surface area contributed by atoms with Crippen molar-refractivity contribution in [3.05, 3.63) is 40.8 Å². The first-order chi connectivity index (χ1) is 9.65. The number of benzene rings is 1. The maximum absolute atomic E-state index is 5.86. The number of ether oxygens (including phenoxy) is 1. The number of hydrogen-bond donors (Lipinski definition) is 1. The van der Waals surface area contributed by atoms with Gasteiger partial charge in [-0.3, -0.25) is 0 Å². The number of nitrogens with two attached hydrogens (primary N) is 1. The van der Waals surface area contributed by atoms with Crippen molar-refractivity contribution < 1.29 is 4.74 Å². The highest BCUT2D eigenvalue weighted by molar-refractivity contribution is 7.18. The molecule has 0 aliphatic heterocycles. The minimum absolute atomic E-state index is 0.236. The van der Waals surface area contributed by atoms with E-state index in [-0.39, 0.29) is 5.95 Å². The van der Waals surface area contributed by atoms with Gasteiger partial charge in [0.05, 0.1) is 5.39 Å². The van der Waals surface area contributed by atoms with Crippen molar-refractivity contribution in [3.63, 3.8) is 0 Å². The third-order valence-corrected chi connectivity index (χ3v) is 3.99. The van der Waals surface area contributed by atoms with Gasteiger partial charge in [-0.1, -0.05) is 19.1 Å². The van der Waals surface area contributed by atoms with Crippen molar-refractivity contribution >= 4 is 27.5 Å². The number of aromatic nitrogens is 2. The van der Waals surface area contributed by atoms with Gasteiger partial charge in [-0.05, 0) is 37.1 Å². The summed E-state index contributed by atoms with van der Waals surface area (Å²) in [7, 11) is 0. The lowest BCUT2D eigenvalue weighted by atomic mass is 10.2. The minimum atomic E-state index is 0.236. The van der Waals surface area contributed by atoms with E-state index >= 15 is 0 Å². The SMILES string of the molecule is CCc1ccc(Oc2nc(N)nc3sc(C)cc23)cc1. The number of anilines is 1. The topological polar surface area (TPSA) is 61.0 Å². The molecule has 5 heteroatoms. The molecule has 0 saturated heterocycles. The molecule has 2 heterocycles. The van der Waals surface area contributed by atoms with E-state index in [1.54, 1.807) is 11.3 Å². The number of hydrogen-bond acceptors (Lipinski definition) is 5. The third-order valence-electron chi connectivity index (χ3n) is 3.04. The van der Waals surface area contributed by atoms with Gasteiger partial charge >= 0.3 is 0 Å². The first-order valence-corrected chi connectivity index (χ1v) is 7.28. The molecule has 3 aromatic rings. The van der Waals surface area contributed by atoms with Crippen LogP contribution in [0.3, 0.4) is 0 Å². The molecule has 1 aromatic carbocycles. The predicted octanol–water partition coefficient (Wildman–Crippen LogP) is 3.94. The molecule has 0 aliphatic carbocycles. The van der Waals surface area contributed by atoms with Crippen molar-refractivity contribution in [2.45, 2.75) is 20.3 Å². The molecule has 0 spiro atoms. The second kappa shape index (κ2) is 5.09. The van der Waals surface area contributed by atoms with Crippen molar-refractivity contribution in [1.82, 2.24) is 9.97 Å². The largest absolute Gasteiger partial charge is 0.438 e. The third kappa shape index (κ3) is 2.44. The summed E-state index contributed by atoms with van der Waals surface area (Å²) in [5.74, 6) is 1.51. The zero-order valence-corrected chi connectivity index (χ0v) is 12.2. The fourth-order valence-corrected chi connectivity index (χ4v) is 2.89. The average molecular weight is 285 g/mol. The Morgan fingerprint density at radius 2 is 1.95 bits per heavy atom. The Kier molecular flexibility index (Phi) is 3.28. The Morgan fingerprint density at radius 1 is 1.20 bits per heavy atom. The van der Waals surface area contributed by atoms with Crippen LogP contribution in [0.5, 0.6) is 11.6 Å². The Hall–Kier alpha value is -2.14. The lowest BCUT2D eigenvalue weighted by molar-refractivity contribution is 0.469. The van der Waals surface area contributed by atoms with Crippen LogP contribution in [0.4, 0.5) is 5.95 Å². The van der Waals surface area contributed by atoms with Crippen LogP contribution >= 0.6 is 11.3 Å². The first kappa shape index (κ1) is 12.9. The molecular weight excluding hydrogens is 270 g/mol. The Bertz CT molecular complexity index is 750. The van der Waals surface area contributed by atoms with E-state index in [0.29, 0.717) is 5.88 Å². The summed E-state index contributed by atoms with van der Waals surface area (Å²) in [5, 5.41) is 0.904. The van der Waals surface area contributed by atoms with Crippen molar-refractivity contribution in [2.24, 2.45) is 0 Å². The van der Waals surface area contributed by atoms with Crippen molar-refractivity contribution in [1.29, 1.82) is 0 Å². The molecule has 2 N–H and O–H groups in total. The van der Waals surface area contributed by atoms with Crippen LogP contribution in [0.25, 0.3) is 10.2 Å². The number of nitrogen functional groups attached to an aromatic ring is 1.